The Bertz CT molecular complexity index is 693. The number of pyridine rings is 1. The number of hydrazone groups is 1. The minimum Gasteiger partial charge on any atom is -0.267 e. The average molecular weight is 360 g/mol. The lowest BCUT2D eigenvalue weighted by Crippen LogP contribution is -2.19. The van der Waals surface area contributed by atoms with E-state index in [0.29, 0.717) is 11.5 Å². The van der Waals surface area contributed by atoms with E-state index in [1.54, 1.807) is 12.3 Å². The number of carbonyl (C=O) groups is 1. The molecule has 2 aromatic rings. The first-order valence-electron chi connectivity index (χ1n) is 7.03. The van der Waals surface area contributed by atoms with Crippen molar-refractivity contribution in [3.8, 4) is 0 Å². The number of rotatable bonds is 4. The minimum absolute atomic E-state index is 0.285. The molecule has 1 heterocycles. The zero-order valence-corrected chi connectivity index (χ0v) is 14.4. The van der Waals surface area contributed by atoms with Gasteiger partial charge in [-0.05, 0) is 46.0 Å². The van der Waals surface area contributed by atoms with Crippen molar-refractivity contribution in [2.45, 2.75) is 26.7 Å². The summed E-state index contributed by atoms with van der Waals surface area (Å²) in [4.78, 5) is 16.0. The number of amides is 1. The van der Waals surface area contributed by atoms with E-state index >= 15 is 0 Å². The maximum Gasteiger partial charge on any atom is 0.272 e. The monoisotopic (exact) mass is 359 g/mol. The molecule has 1 amide bonds. The minimum atomic E-state index is -0.285. The average Bonchev–Trinajstić information content (AvgIpc) is 2.52. The lowest BCUT2D eigenvalue weighted by Gasteiger charge is -2.07. The predicted octanol–water partition coefficient (Wildman–Crippen LogP) is 4.12. The van der Waals surface area contributed by atoms with E-state index in [0.717, 1.165) is 15.7 Å². The quantitative estimate of drug-likeness (QED) is 0.659. The number of hydrogen-bond acceptors (Lipinski definition) is 3. The maximum atomic E-state index is 12.0. The first-order chi connectivity index (χ1) is 10.5. The van der Waals surface area contributed by atoms with Crippen molar-refractivity contribution in [2.24, 2.45) is 5.10 Å². The third-order valence-corrected chi connectivity index (χ3v) is 3.72. The Hall–Kier alpha value is -2.01. The lowest BCUT2D eigenvalue weighted by molar-refractivity contribution is 0.0954. The Labute approximate surface area is 138 Å². The van der Waals surface area contributed by atoms with E-state index in [-0.39, 0.29) is 5.91 Å². The molecular formula is C17H18BrN3O. The molecular weight excluding hydrogens is 342 g/mol. The molecule has 22 heavy (non-hydrogen) atoms. The van der Waals surface area contributed by atoms with Gasteiger partial charge in [0.15, 0.2) is 0 Å². The molecule has 1 aromatic carbocycles. The number of halogens is 1. The van der Waals surface area contributed by atoms with Gasteiger partial charge in [0.1, 0.15) is 0 Å². The number of nitrogens with one attached hydrogen (secondary N) is 1. The molecule has 2 rings (SSSR count). The van der Waals surface area contributed by atoms with Crippen molar-refractivity contribution in [3.63, 3.8) is 0 Å². The van der Waals surface area contributed by atoms with Crippen molar-refractivity contribution in [2.75, 3.05) is 0 Å². The fraction of sp³-hybridized carbons (Fsp3) is 0.235. The molecule has 4 nitrogen and oxygen atoms in total. The van der Waals surface area contributed by atoms with Crippen LogP contribution in [0.1, 0.15) is 48.2 Å². The fourth-order valence-electron chi connectivity index (χ4n) is 1.91. The van der Waals surface area contributed by atoms with Crippen molar-refractivity contribution in [1.29, 1.82) is 0 Å². The van der Waals surface area contributed by atoms with Crippen LogP contribution in [0.15, 0.2) is 52.3 Å². The second-order valence-corrected chi connectivity index (χ2v) is 6.22. The van der Waals surface area contributed by atoms with E-state index in [9.17, 15) is 4.79 Å². The van der Waals surface area contributed by atoms with E-state index in [1.165, 1.54) is 11.8 Å². The standard InChI is InChI=1S/C17H18BrN3O/c1-11(2)13-4-6-14(7-5-13)12(3)20-21-17(22)15-8-16(18)10-19-9-15/h4-11H,1-3H3,(H,21,22). The fourth-order valence-corrected chi connectivity index (χ4v) is 2.27. The summed E-state index contributed by atoms with van der Waals surface area (Å²) in [6.45, 7) is 6.17. The molecule has 0 spiro atoms. The molecule has 0 saturated carbocycles. The molecule has 1 N–H and O–H groups in total. The number of hydrogen-bond donors (Lipinski definition) is 1. The van der Waals surface area contributed by atoms with Gasteiger partial charge in [-0.25, -0.2) is 5.43 Å². The van der Waals surface area contributed by atoms with Gasteiger partial charge >= 0.3 is 0 Å². The topological polar surface area (TPSA) is 54.4 Å². The van der Waals surface area contributed by atoms with Crippen LogP contribution >= 0.6 is 15.9 Å². The van der Waals surface area contributed by atoms with Crippen LogP contribution in [0.4, 0.5) is 0 Å². The zero-order valence-electron chi connectivity index (χ0n) is 12.8. The van der Waals surface area contributed by atoms with Crippen LogP contribution in [0.5, 0.6) is 0 Å². The van der Waals surface area contributed by atoms with Gasteiger partial charge in [-0.3, -0.25) is 9.78 Å². The van der Waals surface area contributed by atoms with Crippen LogP contribution < -0.4 is 5.43 Å². The Morgan fingerprint density at radius 3 is 2.45 bits per heavy atom. The van der Waals surface area contributed by atoms with Gasteiger partial charge in [0.05, 0.1) is 11.3 Å². The number of benzene rings is 1. The Morgan fingerprint density at radius 1 is 1.18 bits per heavy atom. The SMILES string of the molecule is CC(=NNC(=O)c1cncc(Br)c1)c1ccc(C(C)C)cc1. The zero-order chi connectivity index (χ0) is 16.1. The molecule has 1 aromatic heterocycles. The van der Waals surface area contributed by atoms with E-state index in [2.05, 4.69) is 57.4 Å². The van der Waals surface area contributed by atoms with Crippen molar-refractivity contribution in [3.05, 3.63) is 63.9 Å². The molecule has 0 aliphatic rings. The Morgan fingerprint density at radius 2 is 1.86 bits per heavy atom. The lowest BCUT2D eigenvalue weighted by atomic mass is 10.0. The van der Waals surface area contributed by atoms with Crippen molar-refractivity contribution in [1.82, 2.24) is 10.4 Å². The molecule has 5 heteroatoms. The Balaban J connectivity index is 2.07. The van der Waals surface area contributed by atoms with Crippen LogP contribution in [-0.2, 0) is 0 Å². The van der Waals surface area contributed by atoms with Crippen LogP contribution in [0.2, 0.25) is 0 Å². The van der Waals surface area contributed by atoms with Crippen LogP contribution in [0.25, 0.3) is 0 Å². The summed E-state index contributed by atoms with van der Waals surface area (Å²) < 4.78 is 0.755. The Kier molecular flexibility index (Phi) is 5.44. The van der Waals surface area contributed by atoms with Gasteiger partial charge in [0.2, 0.25) is 0 Å². The summed E-state index contributed by atoms with van der Waals surface area (Å²) in [6, 6.07) is 9.89. The second-order valence-electron chi connectivity index (χ2n) is 5.31. The molecule has 114 valence electrons. The van der Waals surface area contributed by atoms with Gasteiger partial charge in [0.25, 0.3) is 5.91 Å². The molecule has 0 bridgehead atoms. The summed E-state index contributed by atoms with van der Waals surface area (Å²) >= 11 is 3.29. The maximum absolute atomic E-state index is 12.0. The second kappa shape index (κ2) is 7.31. The highest BCUT2D eigenvalue weighted by Gasteiger charge is 2.06. The summed E-state index contributed by atoms with van der Waals surface area (Å²) in [5.74, 6) is 0.210. The third-order valence-electron chi connectivity index (χ3n) is 3.29. The van der Waals surface area contributed by atoms with Crippen molar-refractivity contribution >= 4 is 27.5 Å². The first kappa shape index (κ1) is 16.4. The number of nitrogens with zero attached hydrogens (tertiary/aromatic N) is 2. The summed E-state index contributed by atoms with van der Waals surface area (Å²) in [6.07, 6.45) is 3.13. The first-order valence-corrected chi connectivity index (χ1v) is 7.82. The molecule has 0 atom stereocenters. The van der Waals surface area contributed by atoms with Crippen LogP contribution in [0, 0.1) is 0 Å². The molecule has 0 unspecified atom stereocenters. The van der Waals surface area contributed by atoms with Gasteiger partial charge in [-0.15, -0.1) is 0 Å². The highest BCUT2D eigenvalue weighted by atomic mass is 79.9. The van der Waals surface area contributed by atoms with Gasteiger partial charge in [0, 0.05) is 16.9 Å². The normalized spacial score (nSPS) is 11.6. The molecule has 0 aliphatic heterocycles. The summed E-state index contributed by atoms with van der Waals surface area (Å²) in [7, 11) is 0. The molecule has 0 aliphatic carbocycles. The molecule has 0 fully saturated rings. The summed E-state index contributed by atoms with van der Waals surface area (Å²) in [5.41, 5.74) is 6.03. The highest BCUT2D eigenvalue weighted by Crippen LogP contribution is 2.15. The largest absolute Gasteiger partial charge is 0.272 e. The third kappa shape index (κ3) is 4.24. The predicted molar refractivity (Wildman–Crippen MR) is 92.1 cm³/mol. The van der Waals surface area contributed by atoms with E-state index < -0.39 is 0 Å². The number of aromatic nitrogens is 1. The van der Waals surface area contributed by atoms with Gasteiger partial charge < -0.3 is 0 Å². The number of carbonyl (C=O) groups excluding carboxylic acids is 1. The van der Waals surface area contributed by atoms with Crippen molar-refractivity contribution < 1.29 is 4.79 Å². The van der Waals surface area contributed by atoms with Crippen LogP contribution in [-0.4, -0.2) is 16.6 Å². The molecule has 0 saturated heterocycles. The highest BCUT2D eigenvalue weighted by molar-refractivity contribution is 9.10. The van der Waals surface area contributed by atoms with E-state index in [1.807, 2.05) is 19.1 Å². The molecule has 0 radical (unpaired) electrons. The summed E-state index contributed by atoms with van der Waals surface area (Å²) in [5, 5.41) is 4.15. The van der Waals surface area contributed by atoms with E-state index in [4.69, 9.17) is 0 Å². The van der Waals surface area contributed by atoms with Crippen LogP contribution in [0.3, 0.4) is 0 Å². The van der Waals surface area contributed by atoms with Gasteiger partial charge in [-0.2, -0.15) is 5.10 Å². The smallest absolute Gasteiger partial charge is 0.267 e. The van der Waals surface area contributed by atoms with Gasteiger partial charge in [-0.1, -0.05) is 38.1 Å².